The smallest absolute Gasteiger partial charge is 0.303 e. The van der Waals surface area contributed by atoms with Crippen LogP contribution in [-0.2, 0) is 19.4 Å². The molecular weight excluding hydrogens is 320 g/mol. The van der Waals surface area contributed by atoms with E-state index >= 15 is 0 Å². The van der Waals surface area contributed by atoms with Gasteiger partial charge in [-0.05, 0) is 24.6 Å². The minimum Gasteiger partial charge on any atom is -0.481 e. The van der Waals surface area contributed by atoms with E-state index in [-0.39, 0.29) is 28.4 Å². The highest BCUT2D eigenvalue weighted by Crippen LogP contribution is 2.25. The van der Waals surface area contributed by atoms with E-state index in [1.165, 1.54) is 18.2 Å². The Balaban J connectivity index is 2.87. The Labute approximate surface area is 127 Å². The Bertz CT molecular complexity index is 660. The molecule has 0 fully saturated rings. The summed E-state index contributed by atoms with van der Waals surface area (Å²) in [5.41, 5.74) is 5.66. The van der Waals surface area contributed by atoms with Crippen LogP contribution in [-0.4, -0.2) is 37.7 Å². The van der Waals surface area contributed by atoms with Crippen LogP contribution in [0, 0.1) is 0 Å². The zero-order valence-electron chi connectivity index (χ0n) is 11.2. The van der Waals surface area contributed by atoms with E-state index in [2.05, 4.69) is 5.32 Å². The summed E-state index contributed by atoms with van der Waals surface area (Å²) in [6.07, 6.45) is 0.747. The monoisotopic (exact) mass is 334 g/mol. The van der Waals surface area contributed by atoms with Crippen LogP contribution in [0.5, 0.6) is 0 Å². The van der Waals surface area contributed by atoms with Gasteiger partial charge in [0.1, 0.15) is 0 Å². The number of halogens is 1. The van der Waals surface area contributed by atoms with Crippen molar-refractivity contribution in [2.45, 2.75) is 23.8 Å². The molecule has 0 radical (unpaired) electrons. The van der Waals surface area contributed by atoms with Gasteiger partial charge in [-0.3, -0.25) is 9.59 Å². The summed E-state index contributed by atoms with van der Waals surface area (Å²) in [7, 11) is -3.44. The molecule has 0 heterocycles. The molecule has 0 aliphatic carbocycles. The summed E-state index contributed by atoms with van der Waals surface area (Å²) in [6, 6.07) is 2.85. The number of rotatable bonds is 6. The minimum atomic E-state index is -3.44. The number of carbonyl (C=O) groups excluding carboxylic acids is 1. The fourth-order valence-electron chi connectivity index (χ4n) is 1.47. The number of nitrogens with two attached hydrogens (primary N) is 1. The van der Waals surface area contributed by atoms with Crippen molar-refractivity contribution in [3.8, 4) is 0 Å². The summed E-state index contributed by atoms with van der Waals surface area (Å²) in [5, 5.41) is 11.1. The number of carboxylic acids is 1. The van der Waals surface area contributed by atoms with Gasteiger partial charge in [-0.25, -0.2) is 8.42 Å². The van der Waals surface area contributed by atoms with Crippen LogP contribution in [0.3, 0.4) is 0 Å². The molecule has 1 rings (SSSR count). The van der Waals surface area contributed by atoms with Crippen LogP contribution in [0.2, 0.25) is 5.02 Å². The SMILES string of the molecule is CS(=O)(=O)c1ccc(Cl)c(NC(=O)C(N)CCC(=O)O)c1. The van der Waals surface area contributed by atoms with Crippen molar-refractivity contribution in [1.82, 2.24) is 0 Å². The fourth-order valence-corrected chi connectivity index (χ4v) is 2.28. The number of anilines is 1. The molecule has 0 aliphatic rings. The minimum absolute atomic E-state index is 0.00121. The topological polar surface area (TPSA) is 127 Å². The van der Waals surface area contributed by atoms with Gasteiger partial charge in [0.15, 0.2) is 9.84 Å². The predicted octanol–water partition coefficient (Wildman–Crippen LogP) is 0.874. The van der Waals surface area contributed by atoms with Crippen molar-refractivity contribution in [2.24, 2.45) is 5.73 Å². The average molecular weight is 335 g/mol. The number of hydrogen-bond donors (Lipinski definition) is 3. The lowest BCUT2D eigenvalue weighted by Crippen LogP contribution is -2.36. The molecule has 1 aromatic carbocycles. The maximum absolute atomic E-state index is 11.8. The molecule has 0 saturated carbocycles. The van der Waals surface area contributed by atoms with Crippen LogP contribution < -0.4 is 11.1 Å². The van der Waals surface area contributed by atoms with Gasteiger partial charge in [0.25, 0.3) is 0 Å². The van der Waals surface area contributed by atoms with Crippen molar-refractivity contribution in [1.29, 1.82) is 0 Å². The number of aliphatic carboxylic acids is 1. The maximum Gasteiger partial charge on any atom is 0.303 e. The first kappa shape index (κ1) is 17.4. The molecule has 0 saturated heterocycles. The number of carboxylic acid groups (broad SMARTS) is 1. The Hall–Kier alpha value is -1.64. The molecule has 1 unspecified atom stereocenters. The summed E-state index contributed by atoms with van der Waals surface area (Å²) in [5.74, 6) is -1.70. The molecule has 9 heteroatoms. The number of sulfone groups is 1. The highest BCUT2D eigenvalue weighted by atomic mass is 35.5. The lowest BCUT2D eigenvalue weighted by Gasteiger charge is -2.13. The van der Waals surface area contributed by atoms with Gasteiger partial charge >= 0.3 is 5.97 Å². The Morgan fingerprint density at radius 1 is 1.43 bits per heavy atom. The lowest BCUT2D eigenvalue weighted by atomic mass is 10.1. The van der Waals surface area contributed by atoms with Gasteiger partial charge in [-0.1, -0.05) is 11.6 Å². The van der Waals surface area contributed by atoms with Gasteiger partial charge in [0, 0.05) is 12.7 Å². The molecule has 0 aromatic heterocycles. The van der Waals surface area contributed by atoms with E-state index < -0.39 is 27.8 Å². The van der Waals surface area contributed by atoms with E-state index in [1.807, 2.05) is 0 Å². The van der Waals surface area contributed by atoms with E-state index in [1.54, 1.807) is 0 Å². The molecule has 1 amide bonds. The normalized spacial score (nSPS) is 12.7. The van der Waals surface area contributed by atoms with Crippen molar-refractivity contribution < 1.29 is 23.1 Å². The lowest BCUT2D eigenvalue weighted by molar-refractivity contribution is -0.137. The molecule has 1 atom stereocenters. The van der Waals surface area contributed by atoms with E-state index in [4.69, 9.17) is 22.4 Å². The summed E-state index contributed by atoms with van der Waals surface area (Å²) in [6.45, 7) is 0. The Morgan fingerprint density at radius 3 is 2.57 bits per heavy atom. The van der Waals surface area contributed by atoms with Crippen molar-refractivity contribution in [2.75, 3.05) is 11.6 Å². The highest BCUT2D eigenvalue weighted by Gasteiger charge is 2.17. The predicted molar refractivity (Wildman–Crippen MR) is 78.0 cm³/mol. The van der Waals surface area contributed by atoms with E-state index in [0.29, 0.717) is 0 Å². The first-order valence-corrected chi connectivity index (χ1v) is 8.16. The second kappa shape index (κ2) is 6.88. The molecule has 1 aromatic rings. The van der Waals surface area contributed by atoms with Gasteiger partial charge in [-0.2, -0.15) is 0 Å². The highest BCUT2D eigenvalue weighted by molar-refractivity contribution is 7.90. The molecule has 21 heavy (non-hydrogen) atoms. The quantitative estimate of drug-likeness (QED) is 0.708. The van der Waals surface area contributed by atoms with Crippen molar-refractivity contribution in [3.63, 3.8) is 0 Å². The second-order valence-electron chi connectivity index (χ2n) is 4.44. The Kier molecular flexibility index (Phi) is 5.70. The second-order valence-corrected chi connectivity index (χ2v) is 6.86. The molecule has 4 N–H and O–H groups in total. The largest absolute Gasteiger partial charge is 0.481 e. The number of carbonyl (C=O) groups is 2. The van der Waals surface area contributed by atoms with Crippen LogP contribution in [0.1, 0.15) is 12.8 Å². The van der Waals surface area contributed by atoms with Gasteiger partial charge < -0.3 is 16.2 Å². The van der Waals surface area contributed by atoms with Crippen LogP contribution in [0.4, 0.5) is 5.69 Å². The first-order valence-electron chi connectivity index (χ1n) is 5.89. The van der Waals surface area contributed by atoms with E-state index in [9.17, 15) is 18.0 Å². The number of amides is 1. The Morgan fingerprint density at radius 2 is 2.05 bits per heavy atom. The summed E-state index contributed by atoms with van der Waals surface area (Å²) < 4.78 is 22.9. The molecule has 116 valence electrons. The number of hydrogen-bond acceptors (Lipinski definition) is 5. The third kappa shape index (κ3) is 5.33. The average Bonchev–Trinajstić information content (AvgIpc) is 2.36. The standard InChI is InChI=1S/C12H15ClN2O5S/c1-21(19,20)7-2-3-8(13)10(6-7)15-12(18)9(14)4-5-11(16)17/h2-3,6,9H,4-5,14H2,1H3,(H,15,18)(H,16,17). The molecule has 0 aliphatic heterocycles. The third-order valence-corrected chi connectivity index (χ3v) is 4.07. The molecule has 0 bridgehead atoms. The number of benzene rings is 1. The van der Waals surface area contributed by atoms with Crippen molar-refractivity contribution >= 4 is 39.0 Å². The zero-order chi connectivity index (χ0) is 16.2. The van der Waals surface area contributed by atoms with Crippen molar-refractivity contribution in [3.05, 3.63) is 23.2 Å². The van der Waals surface area contributed by atoms with Gasteiger partial charge in [-0.15, -0.1) is 0 Å². The molecule has 7 nitrogen and oxygen atoms in total. The first-order chi connectivity index (χ1) is 9.61. The van der Waals surface area contributed by atoms with Crippen LogP contribution in [0.15, 0.2) is 23.1 Å². The zero-order valence-corrected chi connectivity index (χ0v) is 12.7. The van der Waals surface area contributed by atoms with E-state index in [0.717, 1.165) is 6.26 Å². The fraction of sp³-hybridized carbons (Fsp3) is 0.333. The van der Waals surface area contributed by atoms with Crippen LogP contribution >= 0.6 is 11.6 Å². The van der Waals surface area contributed by atoms with Gasteiger partial charge in [0.2, 0.25) is 5.91 Å². The molecule has 0 spiro atoms. The van der Waals surface area contributed by atoms with Crippen LogP contribution in [0.25, 0.3) is 0 Å². The summed E-state index contributed by atoms with van der Waals surface area (Å²) in [4.78, 5) is 22.2. The third-order valence-electron chi connectivity index (χ3n) is 2.63. The molecular formula is C12H15ClN2O5S. The maximum atomic E-state index is 11.8. The summed E-state index contributed by atoms with van der Waals surface area (Å²) >= 11 is 5.88. The number of nitrogens with one attached hydrogen (secondary N) is 1. The van der Waals surface area contributed by atoms with Gasteiger partial charge in [0.05, 0.1) is 21.6 Å².